The van der Waals surface area contributed by atoms with Crippen LogP contribution >= 0.6 is 12.2 Å². The van der Waals surface area contributed by atoms with Crippen LogP contribution < -0.4 is 10.2 Å². The van der Waals surface area contributed by atoms with Crippen LogP contribution in [0.3, 0.4) is 0 Å². The molecule has 0 unspecified atom stereocenters. The fourth-order valence-electron chi connectivity index (χ4n) is 1.63. The van der Waals surface area contributed by atoms with Crippen molar-refractivity contribution in [3.05, 3.63) is 10.5 Å². The zero-order valence-electron chi connectivity index (χ0n) is 8.59. The standard InChI is InChI=1S/C9H14N4S/c1-5(2)13-4-10-7-8(13)11-6(3)12-9(7)14/h5,10H,4H2,1-3H3,(H,11,12,14). The van der Waals surface area contributed by atoms with Crippen molar-refractivity contribution in [2.24, 2.45) is 0 Å². The average molecular weight is 210 g/mol. The molecule has 2 heterocycles. The van der Waals surface area contributed by atoms with Gasteiger partial charge >= 0.3 is 0 Å². The van der Waals surface area contributed by atoms with Crippen LogP contribution in [0.2, 0.25) is 0 Å². The number of H-pyrrole nitrogens is 1. The average Bonchev–Trinajstić information content (AvgIpc) is 2.47. The van der Waals surface area contributed by atoms with Gasteiger partial charge in [0, 0.05) is 6.04 Å². The molecule has 0 saturated heterocycles. The van der Waals surface area contributed by atoms with Crippen molar-refractivity contribution >= 4 is 23.7 Å². The Balaban J connectivity index is 2.54. The summed E-state index contributed by atoms with van der Waals surface area (Å²) in [4.78, 5) is 9.69. The van der Waals surface area contributed by atoms with Crippen LogP contribution in [0.15, 0.2) is 0 Å². The van der Waals surface area contributed by atoms with Crippen molar-refractivity contribution in [3.8, 4) is 0 Å². The van der Waals surface area contributed by atoms with Gasteiger partial charge in [0.25, 0.3) is 0 Å². The molecule has 1 aromatic rings. The van der Waals surface area contributed by atoms with Crippen LogP contribution in [0.1, 0.15) is 19.7 Å². The molecule has 76 valence electrons. The van der Waals surface area contributed by atoms with Crippen molar-refractivity contribution in [3.63, 3.8) is 0 Å². The number of nitrogens with one attached hydrogen (secondary N) is 2. The fraction of sp³-hybridized carbons (Fsp3) is 0.556. The van der Waals surface area contributed by atoms with Crippen molar-refractivity contribution in [2.75, 3.05) is 16.9 Å². The highest BCUT2D eigenvalue weighted by molar-refractivity contribution is 7.71. The predicted molar refractivity (Wildman–Crippen MR) is 60.3 cm³/mol. The number of hydrogen-bond acceptors (Lipinski definition) is 4. The summed E-state index contributed by atoms with van der Waals surface area (Å²) >= 11 is 5.19. The summed E-state index contributed by atoms with van der Waals surface area (Å²) in [5, 5.41) is 3.26. The normalized spacial score (nSPS) is 14.4. The molecule has 1 aliphatic rings. The molecule has 0 spiro atoms. The molecule has 0 amide bonds. The molecular formula is C9H14N4S. The lowest BCUT2D eigenvalue weighted by Crippen LogP contribution is -2.30. The predicted octanol–water partition coefficient (Wildman–Crippen LogP) is 2.05. The number of aryl methyl sites for hydroxylation is 1. The summed E-state index contributed by atoms with van der Waals surface area (Å²) < 4.78 is 0.652. The Morgan fingerprint density at radius 1 is 1.50 bits per heavy atom. The summed E-state index contributed by atoms with van der Waals surface area (Å²) in [6.45, 7) is 7.04. The Labute approximate surface area is 88.4 Å². The summed E-state index contributed by atoms with van der Waals surface area (Å²) in [6.07, 6.45) is 0. The quantitative estimate of drug-likeness (QED) is 0.696. The maximum Gasteiger partial charge on any atom is 0.155 e. The van der Waals surface area contributed by atoms with Gasteiger partial charge in [-0.25, -0.2) is 4.98 Å². The smallest absolute Gasteiger partial charge is 0.155 e. The first kappa shape index (κ1) is 9.45. The molecule has 4 nitrogen and oxygen atoms in total. The Kier molecular flexibility index (Phi) is 2.19. The van der Waals surface area contributed by atoms with Crippen molar-refractivity contribution in [1.29, 1.82) is 0 Å². The van der Waals surface area contributed by atoms with Gasteiger partial charge in [0.1, 0.15) is 17.3 Å². The van der Waals surface area contributed by atoms with E-state index >= 15 is 0 Å². The van der Waals surface area contributed by atoms with Gasteiger partial charge in [-0.1, -0.05) is 12.2 Å². The molecule has 0 saturated carbocycles. The van der Waals surface area contributed by atoms with E-state index in [0.717, 1.165) is 24.0 Å². The Hall–Kier alpha value is -1.10. The second-order valence-electron chi connectivity index (χ2n) is 3.75. The van der Waals surface area contributed by atoms with E-state index in [2.05, 4.69) is 34.0 Å². The SMILES string of the molecule is Cc1nc(=S)c2c([nH]1)N(C(C)C)CN2. The fourth-order valence-corrected chi connectivity index (χ4v) is 1.94. The molecule has 0 bridgehead atoms. The lowest BCUT2D eigenvalue weighted by molar-refractivity contribution is 0.716. The lowest BCUT2D eigenvalue weighted by atomic mass is 10.3. The van der Waals surface area contributed by atoms with Gasteiger partial charge in [-0.3, -0.25) is 0 Å². The van der Waals surface area contributed by atoms with Gasteiger partial charge in [-0.2, -0.15) is 0 Å². The van der Waals surface area contributed by atoms with Crippen LogP contribution in [0.25, 0.3) is 0 Å². The van der Waals surface area contributed by atoms with E-state index in [4.69, 9.17) is 12.2 Å². The Bertz CT molecular complexity index is 410. The van der Waals surface area contributed by atoms with Gasteiger partial charge in [-0.15, -0.1) is 0 Å². The molecule has 0 radical (unpaired) electrons. The van der Waals surface area contributed by atoms with E-state index in [1.807, 2.05) is 6.92 Å². The van der Waals surface area contributed by atoms with Crippen LogP contribution in [-0.4, -0.2) is 22.7 Å². The molecule has 0 atom stereocenters. The van der Waals surface area contributed by atoms with Crippen LogP contribution in [0.4, 0.5) is 11.5 Å². The van der Waals surface area contributed by atoms with Crippen LogP contribution in [0, 0.1) is 11.6 Å². The van der Waals surface area contributed by atoms with E-state index in [0.29, 0.717) is 10.7 Å². The van der Waals surface area contributed by atoms with E-state index in [-0.39, 0.29) is 0 Å². The molecule has 14 heavy (non-hydrogen) atoms. The van der Waals surface area contributed by atoms with Gasteiger partial charge in [-0.05, 0) is 20.8 Å². The highest BCUT2D eigenvalue weighted by Crippen LogP contribution is 2.30. The number of nitrogens with zero attached hydrogens (tertiary/aromatic N) is 2. The summed E-state index contributed by atoms with van der Waals surface area (Å²) in [5.74, 6) is 1.93. The summed E-state index contributed by atoms with van der Waals surface area (Å²) in [7, 11) is 0. The number of hydrogen-bond donors (Lipinski definition) is 2. The maximum absolute atomic E-state index is 5.19. The van der Waals surface area contributed by atoms with Gasteiger partial charge < -0.3 is 15.2 Å². The highest BCUT2D eigenvalue weighted by atomic mass is 32.1. The second kappa shape index (κ2) is 3.24. The van der Waals surface area contributed by atoms with Crippen molar-refractivity contribution in [2.45, 2.75) is 26.8 Å². The number of fused-ring (bicyclic) bond motifs is 1. The van der Waals surface area contributed by atoms with Gasteiger partial charge in [0.15, 0.2) is 4.64 Å². The molecule has 0 fully saturated rings. The Morgan fingerprint density at radius 2 is 2.21 bits per heavy atom. The minimum Gasteiger partial charge on any atom is -0.362 e. The molecular weight excluding hydrogens is 196 g/mol. The number of anilines is 2. The molecule has 2 rings (SSSR count). The zero-order chi connectivity index (χ0) is 10.3. The van der Waals surface area contributed by atoms with Crippen molar-refractivity contribution < 1.29 is 0 Å². The van der Waals surface area contributed by atoms with Gasteiger partial charge in [0.2, 0.25) is 0 Å². The minimum absolute atomic E-state index is 0.455. The lowest BCUT2D eigenvalue weighted by Gasteiger charge is -2.22. The third-order valence-corrected chi connectivity index (χ3v) is 2.65. The van der Waals surface area contributed by atoms with Crippen molar-refractivity contribution in [1.82, 2.24) is 9.97 Å². The minimum atomic E-state index is 0.455. The monoisotopic (exact) mass is 210 g/mol. The highest BCUT2D eigenvalue weighted by Gasteiger charge is 2.23. The molecule has 1 aromatic heterocycles. The molecule has 1 aliphatic heterocycles. The topological polar surface area (TPSA) is 44.0 Å². The largest absolute Gasteiger partial charge is 0.362 e. The third-order valence-electron chi connectivity index (χ3n) is 2.36. The third kappa shape index (κ3) is 1.37. The van der Waals surface area contributed by atoms with Crippen LogP contribution in [-0.2, 0) is 0 Å². The van der Waals surface area contributed by atoms with E-state index < -0.39 is 0 Å². The number of aromatic amines is 1. The number of aromatic nitrogens is 2. The summed E-state index contributed by atoms with van der Waals surface area (Å²) in [5.41, 5.74) is 0.958. The maximum atomic E-state index is 5.19. The molecule has 2 N–H and O–H groups in total. The summed E-state index contributed by atoms with van der Waals surface area (Å²) in [6, 6.07) is 0.455. The molecule has 5 heteroatoms. The van der Waals surface area contributed by atoms with Gasteiger partial charge in [0.05, 0.1) is 6.67 Å². The Morgan fingerprint density at radius 3 is 2.86 bits per heavy atom. The zero-order valence-corrected chi connectivity index (χ0v) is 9.40. The van der Waals surface area contributed by atoms with E-state index in [9.17, 15) is 0 Å². The van der Waals surface area contributed by atoms with Crippen LogP contribution in [0.5, 0.6) is 0 Å². The van der Waals surface area contributed by atoms with E-state index in [1.165, 1.54) is 0 Å². The second-order valence-corrected chi connectivity index (χ2v) is 4.14. The first-order valence-electron chi connectivity index (χ1n) is 4.71. The number of rotatable bonds is 1. The molecule has 0 aliphatic carbocycles. The molecule has 0 aromatic carbocycles. The van der Waals surface area contributed by atoms with E-state index in [1.54, 1.807) is 0 Å². The first-order valence-corrected chi connectivity index (χ1v) is 5.12. The first-order chi connectivity index (χ1) is 6.59.